The number of ether oxygens (including phenoxy) is 1. The van der Waals surface area contributed by atoms with Crippen molar-refractivity contribution in [3.8, 4) is 0 Å². The maximum atomic E-state index is 12.5. The van der Waals surface area contributed by atoms with E-state index in [2.05, 4.69) is 0 Å². The Hall–Kier alpha value is -3.55. The van der Waals surface area contributed by atoms with E-state index in [1.807, 2.05) is 0 Å². The quantitative estimate of drug-likeness (QED) is 0.103. The number of aliphatic carboxylic acids is 3. The minimum atomic E-state index is -1.19. The molecule has 0 atom stereocenters. The minimum Gasteiger partial charge on any atom is -0.480 e. The number of anilines is 1. The van der Waals surface area contributed by atoms with Gasteiger partial charge in [0.1, 0.15) is 6.73 Å². The highest BCUT2D eigenvalue weighted by molar-refractivity contribution is 5.83. The first kappa shape index (κ1) is 28.5. The lowest BCUT2D eigenvalue weighted by Crippen LogP contribution is -2.44. The van der Waals surface area contributed by atoms with Crippen LogP contribution in [0.4, 0.5) is 5.69 Å². The number of nitrogens with zero attached hydrogens (tertiary/aromatic N) is 3. The van der Waals surface area contributed by atoms with Crippen LogP contribution in [-0.2, 0) is 35.1 Å². The average molecular weight is 482 g/mol. The van der Waals surface area contributed by atoms with Gasteiger partial charge in [0.2, 0.25) is 0 Å². The highest BCUT2D eigenvalue weighted by atomic mass is 16.5. The monoisotopic (exact) mass is 482 g/mol. The summed E-state index contributed by atoms with van der Waals surface area (Å²) in [7, 11) is 0. The van der Waals surface area contributed by atoms with Gasteiger partial charge < -0.3 is 25.8 Å². The number of carbonyl (C=O) groups is 5. The number of hydrogen-bond acceptors (Lipinski definition) is 10. The molecule has 1 rings (SSSR count). The molecule has 1 aromatic rings. The Balaban J connectivity index is 2.72. The van der Waals surface area contributed by atoms with Gasteiger partial charge >= 0.3 is 17.9 Å². The third kappa shape index (κ3) is 13.1. The van der Waals surface area contributed by atoms with E-state index in [1.165, 1.54) is 9.80 Å². The van der Waals surface area contributed by atoms with E-state index in [0.717, 1.165) is 5.56 Å². The summed E-state index contributed by atoms with van der Waals surface area (Å²) in [5.41, 5.74) is 6.93. The molecule has 0 amide bonds. The molecule has 0 aliphatic heterocycles. The molecule has 0 fully saturated rings. The summed E-state index contributed by atoms with van der Waals surface area (Å²) in [5, 5.41) is 27.1. The van der Waals surface area contributed by atoms with Crippen LogP contribution in [0.1, 0.15) is 5.56 Å². The Morgan fingerprint density at radius 1 is 0.765 bits per heavy atom. The average Bonchev–Trinajstić information content (AvgIpc) is 2.73. The molecule has 188 valence electrons. The van der Waals surface area contributed by atoms with Gasteiger partial charge in [0.05, 0.1) is 26.2 Å². The van der Waals surface area contributed by atoms with Crippen LogP contribution in [0.15, 0.2) is 24.3 Å². The summed E-state index contributed by atoms with van der Waals surface area (Å²) in [6, 6.07) is 6.77. The van der Waals surface area contributed by atoms with E-state index < -0.39 is 31.0 Å². The first-order valence-corrected chi connectivity index (χ1v) is 10.3. The second-order valence-corrected chi connectivity index (χ2v) is 7.57. The van der Waals surface area contributed by atoms with Gasteiger partial charge in [0, 0.05) is 38.3 Å². The third-order valence-corrected chi connectivity index (χ3v) is 4.65. The second kappa shape index (κ2) is 15.3. The summed E-state index contributed by atoms with van der Waals surface area (Å²) in [6.07, 6.45) is 0.105. The Morgan fingerprint density at radius 2 is 1.21 bits per heavy atom. The fourth-order valence-corrected chi connectivity index (χ4v) is 3.11. The number of ketones is 1. The summed E-state index contributed by atoms with van der Waals surface area (Å²) in [5.74, 6) is -3.70. The molecule has 0 aliphatic rings. The van der Waals surface area contributed by atoms with E-state index in [1.54, 1.807) is 29.2 Å². The molecule has 0 saturated heterocycles. The number of rotatable bonds is 19. The van der Waals surface area contributed by atoms with Crippen molar-refractivity contribution < 1.29 is 44.0 Å². The van der Waals surface area contributed by atoms with E-state index in [-0.39, 0.29) is 64.7 Å². The highest BCUT2D eigenvalue weighted by Crippen LogP contribution is 2.07. The van der Waals surface area contributed by atoms with Crippen molar-refractivity contribution in [2.75, 3.05) is 64.8 Å². The van der Waals surface area contributed by atoms with Gasteiger partial charge in [-0.2, -0.15) is 0 Å². The molecule has 0 heterocycles. The van der Waals surface area contributed by atoms with Crippen LogP contribution >= 0.6 is 0 Å². The molecule has 0 spiro atoms. The van der Waals surface area contributed by atoms with E-state index >= 15 is 0 Å². The molecule has 0 unspecified atom stereocenters. The predicted octanol–water partition coefficient (Wildman–Crippen LogP) is -1.33. The molecular formula is C21H30N4O9. The molecule has 0 saturated carbocycles. The number of benzene rings is 1. The van der Waals surface area contributed by atoms with Crippen molar-refractivity contribution >= 4 is 35.9 Å². The van der Waals surface area contributed by atoms with Crippen LogP contribution in [0.5, 0.6) is 0 Å². The van der Waals surface area contributed by atoms with Gasteiger partial charge in [-0.3, -0.25) is 38.7 Å². The highest BCUT2D eigenvalue weighted by Gasteiger charge is 2.18. The lowest BCUT2D eigenvalue weighted by Gasteiger charge is -2.27. The summed E-state index contributed by atoms with van der Waals surface area (Å²) >= 11 is 0. The van der Waals surface area contributed by atoms with Gasteiger partial charge in [-0.15, -0.1) is 0 Å². The zero-order valence-electron chi connectivity index (χ0n) is 18.7. The smallest absolute Gasteiger partial charge is 0.317 e. The van der Waals surface area contributed by atoms with Gasteiger partial charge in [0.25, 0.3) is 6.47 Å². The van der Waals surface area contributed by atoms with Crippen molar-refractivity contribution in [1.82, 2.24) is 14.7 Å². The molecular weight excluding hydrogens is 452 g/mol. The van der Waals surface area contributed by atoms with Crippen molar-refractivity contribution in [3.05, 3.63) is 29.8 Å². The molecule has 0 aromatic heterocycles. The van der Waals surface area contributed by atoms with Crippen molar-refractivity contribution in [3.63, 3.8) is 0 Å². The molecule has 1 aromatic carbocycles. The van der Waals surface area contributed by atoms with Crippen LogP contribution in [0.2, 0.25) is 0 Å². The van der Waals surface area contributed by atoms with Crippen LogP contribution < -0.4 is 5.73 Å². The Kier molecular flexibility index (Phi) is 12.8. The number of nitrogens with two attached hydrogens (primary N) is 1. The summed E-state index contributed by atoms with van der Waals surface area (Å²) in [6.45, 7) is -0.904. The van der Waals surface area contributed by atoms with Gasteiger partial charge in [-0.1, -0.05) is 12.1 Å². The number of carboxylic acid groups (broad SMARTS) is 3. The van der Waals surface area contributed by atoms with Gasteiger partial charge in [0.15, 0.2) is 5.78 Å². The molecule has 13 nitrogen and oxygen atoms in total. The van der Waals surface area contributed by atoms with Crippen LogP contribution in [-0.4, -0.2) is 119 Å². The van der Waals surface area contributed by atoms with E-state index in [9.17, 15) is 29.1 Å². The molecule has 13 heteroatoms. The number of Topliss-reactive ketones (excluding diaryl/α,β-unsaturated/α-hetero) is 1. The fraction of sp³-hybridized carbons (Fsp3) is 0.476. The number of carboxylic acids is 3. The lowest BCUT2D eigenvalue weighted by atomic mass is 10.1. The topological polar surface area (TPSA) is 191 Å². The maximum Gasteiger partial charge on any atom is 0.317 e. The minimum absolute atomic E-state index is 0.0514. The van der Waals surface area contributed by atoms with Gasteiger partial charge in [-0.25, -0.2) is 0 Å². The summed E-state index contributed by atoms with van der Waals surface area (Å²) in [4.78, 5) is 60.5. The largest absolute Gasteiger partial charge is 0.480 e. The third-order valence-electron chi connectivity index (χ3n) is 4.65. The van der Waals surface area contributed by atoms with Crippen molar-refractivity contribution in [1.29, 1.82) is 0 Å². The molecule has 0 bridgehead atoms. The lowest BCUT2D eigenvalue weighted by molar-refractivity contribution is -0.142. The maximum absolute atomic E-state index is 12.5. The standard InChI is InChI=1S/C21H30N4O9/c22-17-3-1-16(2-4-17)9-18(27)10-24(11-19(28)29)7-5-23(14-34-15-26)6-8-25(12-20(30)31)13-21(32)33/h1-4,15H,5-14,22H2,(H,28,29)(H,30,31)(H,32,33). The Labute approximate surface area is 196 Å². The predicted molar refractivity (Wildman–Crippen MR) is 119 cm³/mol. The number of hydrogen-bond donors (Lipinski definition) is 4. The second-order valence-electron chi connectivity index (χ2n) is 7.57. The zero-order chi connectivity index (χ0) is 25.5. The van der Waals surface area contributed by atoms with E-state index in [0.29, 0.717) is 5.69 Å². The van der Waals surface area contributed by atoms with Crippen LogP contribution in [0.3, 0.4) is 0 Å². The number of nitrogen functional groups attached to an aromatic ring is 1. The first-order valence-electron chi connectivity index (χ1n) is 10.3. The normalized spacial score (nSPS) is 11.0. The van der Waals surface area contributed by atoms with Crippen LogP contribution in [0, 0.1) is 0 Å². The first-order chi connectivity index (χ1) is 16.1. The SMILES string of the molecule is Nc1ccc(CC(=O)CN(CCN(CCN(CC(=O)O)CC(=O)O)COC=O)CC(=O)O)cc1. The molecule has 0 radical (unpaired) electrons. The molecule has 0 aliphatic carbocycles. The van der Waals surface area contributed by atoms with E-state index in [4.69, 9.17) is 20.7 Å². The van der Waals surface area contributed by atoms with Crippen molar-refractivity contribution in [2.45, 2.75) is 6.42 Å². The summed E-state index contributed by atoms with van der Waals surface area (Å²) < 4.78 is 4.76. The van der Waals surface area contributed by atoms with Gasteiger partial charge in [-0.05, 0) is 17.7 Å². The fourth-order valence-electron chi connectivity index (χ4n) is 3.11. The van der Waals surface area contributed by atoms with Crippen LogP contribution in [0.25, 0.3) is 0 Å². The van der Waals surface area contributed by atoms with Crippen molar-refractivity contribution in [2.24, 2.45) is 0 Å². The Bertz CT molecular complexity index is 816. The Morgan fingerprint density at radius 3 is 1.65 bits per heavy atom. The number of carbonyl (C=O) groups excluding carboxylic acids is 2. The molecule has 5 N–H and O–H groups in total. The zero-order valence-corrected chi connectivity index (χ0v) is 18.7. The molecule has 34 heavy (non-hydrogen) atoms.